The minimum Gasteiger partial charge on any atom is -0.300 e. The molecule has 1 fully saturated rings. The summed E-state index contributed by atoms with van der Waals surface area (Å²) in [6.07, 6.45) is -0.848. The van der Waals surface area contributed by atoms with E-state index in [4.69, 9.17) is 0 Å². The van der Waals surface area contributed by atoms with Gasteiger partial charge in [-0.3, -0.25) is 14.5 Å². The van der Waals surface area contributed by atoms with E-state index in [0.717, 1.165) is 45.3 Å². The number of alkyl halides is 3. The van der Waals surface area contributed by atoms with Gasteiger partial charge in [-0.2, -0.15) is 18.3 Å². The molecule has 0 spiro atoms. The molecule has 29 heavy (non-hydrogen) atoms. The molecule has 4 rings (SSSR count). The van der Waals surface area contributed by atoms with Gasteiger partial charge in [0.05, 0.1) is 28.7 Å². The lowest BCUT2D eigenvalue weighted by atomic mass is 10.1. The van der Waals surface area contributed by atoms with Crippen molar-refractivity contribution in [3.63, 3.8) is 0 Å². The van der Waals surface area contributed by atoms with Crippen LogP contribution in [-0.4, -0.2) is 27.9 Å². The van der Waals surface area contributed by atoms with E-state index >= 15 is 0 Å². The highest BCUT2D eigenvalue weighted by atomic mass is 32.2. The first-order chi connectivity index (χ1) is 13.8. The number of aromatic nitrogens is 2. The second-order valence-corrected chi connectivity index (χ2v) is 7.43. The van der Waals surface area contributed by atoms with Crippen molar-refractivity contribution in [1.29, 1.82) is 0 Å². The minimum atomic E-state index is -4.38. The number of aliphatic imine (C=N–C) groups is 1. The highest BCUT2D eigenvalue weighted by molar-refractivity contribution is 8.18. The van der Waals surface area contributed by atoms with Gasteiger partial charge >= 0.3 is 6.18 Å². The topological polar surface area (TPSA) is 59.3 Å². The van der Waals surface area contributed by atoms with E-state index in [9.17, 15) is 18.0 Å². The van der Waals surface area contributed by atoms with Gasteiger partial charge < -0.3 is 5.32 Å². The first-order valence-electron chi connectivity index (χ1n) is 8.63. The van der Waals surface area contributed by atoms with Crippen LogP contribution in [0.4, 0.5) is 18.0 Å². The van der Waals surface area contributed by atoms with E-state index in [1.807, 2.05) is 24.3 Å². The average Bonchev–Trinajstić information content (AvgIpc) is 3.24. The Bertz CT molecular complexity index is 1160. The summed E-state index contributed by atoms with van der Waals surface area (Å²) >= 11 is 1.08. The van der Waals surface area contributed by atoms with Gasteiger partial charge in [0.15, 0.2) is 0 Å². The molecule has 2 aromatic carbocycles. The number of rotatable bonds is 3. The van der Waals surface area contributed by atoms with Gasteiger partial charge in [-0.25, -0.2) is 0 Å². The number of hydrogen-bond donors (Lipinski definition) is 1. The highest BCUT2D eigenvalue weighted by Crippen LogP contribution is 2.30. The Morgan fingerprint density at radius 1 is 1.24 bits per heavy atom. The molecular formula is C20H15F3N4OS. The predicted molar refractivity (Wildman–Crippen MR) is 108 cm³/mol. The molecule has 0 saturated carbocycles. The molecule has 1 N–H and O–H groups in total. The van der Waals surface area contributed by atoms with Crippen LogP contribution in [-0.2, 0) is 12.7 Å². The smallest absolute Gasteiger partial charge is 0.300 e. The maximum Gasteiger partial charge on any atom is 0.416 e. The van der Waals surface area contributed by atoms with E-state index in [-0.39, 0.29) is 11.8 Å². The number of amides is 1. The lowest BCUT2D eigenvalue weighted by molar-refractivity contribution is -0.137. The Morgan fingerprint density at radius 2 is 2.07 bits per heavy atom. The number of nitrogens with zero attached hydrogens (tertiary/aromatic N) is 3. The number of benzene rings is 2. The first kappa shape index (κ1) is 19.3. The van der Waals surface area contributed by atoms with Crippen LogP contribution in [0.15, 0.2) is 58.6 Å². The van der Waals surface area contributed by atoms with Crippen molar-refractivity contribution < 1.29 is 18.0 Å². The molecule has 0 aliphatic carbocycles. The fourth-order valence-corrected chi connectivity index (χ4v) is 3.87. The number of carbonyl (C=O) groups is 1. The molecule has 0 unspecified atom stereocenters. The second-order valence-electron chi connectivity index (χ2n) is 6.41. The van der Waals surface area contributed by atoms with E-state index in [2.05, 4.69) is 15.4 Å². The van der Waals surface area contributed by atoms with Crippen molar-refractivity contribution in [2.24, 2.45) is 4.99 Å². The van der Waals surface area contributed by atoms with Gasteiger partial charge in [-0.15, -0.1) is 0 Å². The van der Waals surface area contributed by atoms with Crippen LogP contribution >= 0.6 is 11.8 Å². The van der Waals surface area contributed by atoms with Gasteiger partial charge in [0, 0.05) is 12.4 Å². The fourth-order valence-electron chi connectivity index (χ4n) is 3.09. The lowest BCUT2D eigenvalue weighted by Crippen LogP contribution is -2.18. The van der Waals surface area contributed by atoms with Gasteiger partial charge in [-0.05, 0) is 53.2 Å². The summed E-state index contributed by atoms with van der Waals surface area (Å²) in [5.41, 5.74) is 1.52. The molecule has 0 bridgehead atoms. The van der Waals surface area contributed by atoms with Crippen molar-refractivity contribution in [3.8, 4) is 0 Å². The standard InChI is InChI=1S/C20H15F3N4OS/c1-24-18-17(29-19(28)26-18)9-12-5-6-16-14(7-12)10-25-27(16)11-13-3-2-4-15(8-13)20(21,22)23/h2-10H,11H2,1H3,(H,24,26,28)/b17-9-. The van der Waals surface area contributed by atoms with Crippen molar-refractivity contribution >= 4 is 39.8 Å². The van der Waals surface area contributed by atoms with Crippen molar-refractivity contribution in [1.82, 2.24) is 15.1 Å². The van der Waals surface area contributed by atoms with E-state index in [1.165, 1.54) is 6.07 Å². The maximum absolute atomic E-state index is 12.9. The number of hydrogen-bond acceptors (Lipinski definition) is 4. The zero-order valence-corrected chi connectivity index (χ0v) is 16.0. The van der Waals surface area contributed by atoms with Crippen LogP contribution in [0.2, 0.25) is 0 Å². The summed E-state index contributed by atoms with van der Waals surface area (Å²) in [5, 5.41) is 7.66. The molecule has 148 valence electrons. The highest BCUT2D eigenvalue weighted by Gasteiger charge is 2.30. The minimum absolute atomic E-state index is 0.174. The summed E-state index contributed by atoms with van der Waals surface area (Å²) in [6, 6.07) is 10.9. The van der Waals surface area contributed by atoms with Crippen LogP contribution < -0.4 is 5.32 Å². The normalized spacial score (nSPS) is 17.4. The molecule has 5 nitrogen and oxygen atoms in total. The van der Waals surface area contributed by atoms with E-state index in [1.54, 1.807) is 24.0 Å². The van der Waals surface area contributed by atoms with Gasteiger partial charge in [0.1, 0.15) is 5.84 Å². The number of thioether (sulfide) groups is 1. The third-order valence-corrected chi connectivity index (χ3v) is 5.25. The molecule has 0 radical (unpaired) electrons. The fraction of sp³-hybridized carbons (Fsp3) is 0.150. The largest absolute Gasteiger partial charge is 0.416 e. The lowest BCUT2D eigenvalue weighted by Gasteiger charge is -2.09. The van der Waals surface area contributed by atoms with Crippen LogP contribution in [0.1, 0.15) is 16.7 Å². The molecular weight excluding hydrogens is 401 g/mol. The number of halogens is 3. The van der Waals surface area contributed by atoms with E-state index < -0.39 is 11.7 Å². The molecule has 1 aliphatic rings. The first-order valence-corrected chi connectivity index (χ1v) is 9.44. The van der Waals surface area contributed by atoms with Crippen LogP contribution in [0, 0.1) is 0 Å². The maximum atomic E-state index is 12.9. The molecule has 1 saturated heterocycles. The van der Waals surface area contributed by atoms with Crippen molar-refractivity contribution in [3.05, 3.63) is 70.3 Å². The molecule has 9 heteroatoms. The number of fused-ring (bicyclic) bond motifs is 1. The van der Waals surface area contributed by atoms with Gasteiger partial charge in [0.25, 0.3) is 5.24 Å². The third kappa shape index (κ3) is 4.04. The van der Waals surface area contributed by atoms with E-state index in [0.29, 0.717) is 11.4 Å². The van der Waals surface area contributed by atoms with Crippen molar-refractivity contribution in [2.45, 2.75) is 12.7 Å². The Kier molecular flexibility index (Phi) is 4.91. The Hall–Kier alpha value is -3.07. The zero-order chi connectivity index (χ0) is 20.6. The second kappa shape index (κ2) is 7.40. The third-order valence-electron chi connectivity index (χ3n) is 4.43. The summed E-state index contributed by atoms with van der Waals surface area (Å²) < 4.78 is 40.4. The monoisotopic (exact) mass is 416 g/mol. The Labute approximate surface area is 168 Å². The van der Waals surface area contributed by atoms with Crippen LogP contribution in [0.25, 0.3) is 17.0 Å². The number of nitrogens with one attached hydrogen (secondary N) is 1. The molecule has 1 aromatic heterocycles. The molecule has 0 atom stereocenters. The predicted octanol–water partition coefficient (Wildman–Crippen LogP) is 4.93. The average molecular weight is 416 g/mol. The SMILES string of the molecule is CN=C1NC(=O)S/C1=C\c1ccc2c(cnn2Cc2cccc(C(F)(F)F)c2)c1. The zero-order valence-electron chi connectivity index (χ0n) is 15.2. The van der Waals surface area contributed by atoms with Gasteiger partial charge in [0.2, 0.25) is 0 Å². The number of carbonyl (C=O) groups excluding carboxylic acids is 1. The number of amidine groups is 1. The van der Waals surface area contributed by atoms with Gasteiger partial charge in [-0.1, -0.05) is 18.2 Å². The molecule has 1 amide bonds. The summed E-state index contributed by atoms with van der Waals surface area (Å²) in [5.74, 6) is 0.528. The quantitative estimate of drug-likeness (QED) is 0.659. The van der Waals surface area contributed by atoms with Crippen molar-refractivity contribution in [2.75, 3.05) is 7.05 Å². The molecule has 2 heterocycles. The van der Waals surface area contributed by atoms with Crippen LogP contribution in [0.3, 0.4) is 0 Å². The van der Waals surface area contributed by atoms with Crippen LogP contribution in [0.5, 0.6) is 0 Å². The molecule has 3 aromatic rings. The molecule has 1 aliphatic heterocycles. The summed E-state index contributed by atoms with van der Waals surface area (Å²) in [7, 11) is 1.61. The summed E-state index contributed by atoms with van der Waals surface area (Å²) in [6.45, 7) is 0.231. The Balaban J connectivity index is 1.62. The summed E-state index contributed by atoms with van der Waals surface area (Å²) in [4.78, 5) is 16.3. The Morgan fingerprint density at radius 3 is 2.83 bits per heavy atom.